The van der Waals surface area contributed by atoms with Crippen molar-refractivity contribution in [2.24, 2.45) is 0 Å². The molecular weight excluding hydrogens is 420 g/mol. The molecule has 0 aliphatic heterocycles. The van der Waals surface area contributed by atoms with Gasteiger partial charge >= 0.3 is 5.97 Å². The zero-order valence-corrected chi connectivity index (χ0v) is 18.7. The largest absolute Gasteiger partial charge is 0.462 e. The summed E-state index contributed by atoms with van der Waals surface area (Å²) in [5.41, 5.74) is 5.69. The van der Waals surface area contributed by atoms with Crippen molar-refractivity contribution >= 4 is 29.1 Å². The van der Waals surface area contributed by atoms with Crippen molar-refractivity contribution in [3.63, 3.8) is 0 Å². The summed E-state index contributed by atoms with van der Waals surface area (Å²) in [4.78, 5) is 17.9. The van der Waals surface area contributed by atoms with Gasteiger partial charge in [-0.25, -0.2) is 9.78 Å². The average Bonchev–Trinajstić information content (AvgIpc) is 2.81. The summed E-state index contributed by atoms with van der Waals surface area (Å²) < 4.78 is 5.42. The normalized spacial score (nSPS) is 10.6. The van der Waals surface area contributed by atoms with E-state index in [1.165, 1.54) is 0 Å². The van der Waals surface area contributed by atoms with Gasteiger partial charge in [0.15, 0.2) is 0 Å². The Morgan fingerprint density at radius 1 is 0.938 bits per heavy atom. The van der Waals surface area contributed by atoms with E-state index < -0.39 is 5.97 Å². The number of rotatable bonds is 6. The SMILES string of the molecule is CCOC(=O)c1c(-c2ccc(C)cc2)cc(-c2ccccc2)nc1Nc1ccc(Cl)cc1. The van der Waals surface area contributed by atoms with Crippen molar-refractivity contribution in [1.82, 2.24) is 4.98 Å². The van der Waals surface area contributed by atoms with Crippen LogP contribution >= 0.6 is 11.6 Å². The summed E-state index contributed by atoms with van der Waals surface area (Å²) in [5, 5.41) is 3.93. The van der Waals surface area contributed by atoms with E-state index in [1.807, 2.05) is 79.7 Å². The lowest BCUT2D eigenvalue weighted by Gasteiger charge is -2.17. The Morgan fingerprint density at radius 3 is 2.28 bits per heavy atom. The van der Waals surface area contributed by atoms with Crippen LogP contribution in [0.1, 0.15) is 22.8 Å². The summed E-state index contributed by atoms with van der Waals surface area (Å²) in [6.45, 7) is 4.10. The van der Waals surface area contributed by atoms with Gasteiger partial charge in [-0.3, -0.25) is 0 Å². The molecule has 160 valence electrons. The van der Waals surface area contributed by atoms with Crippen molar-refractivity contribution < 1.29 is 9.53 Å². The fraction of sp³-hybridized carbons (Fsp3) is 0.111. The molecule has 0 spiro atoms. The molecule has 4 rings (SSSR count). The van der Waals surface area contributed by atoms with E-state index in [4.69, 9.17) is 21.3 Å². The van der Waals surface area contributed by atoms with Crippen LogP contribution in [-0.2, 0) is 4.74 Å². The van der Waals surface area contributed by atoms with Crippen LogP contribution in [0.3, 0.4) is 0 Å². The summed E-state index contributed by atoms with van der Waals surface area (Å²) in [6, 6.07) is 27.2. The minimum atomic E-state index is -0.424. The molecule has 1 heterocycles. The smallest absolute Gasteiger partial charge is 0.342 e. The molecular formula is C27H23ClN2O2. The number of pyridine rings is 1. The van der Waals surface area contributed by atoms with Gasteiger partial charge in [0.1, 0.15) is 11.4 Å². The number of esters is 1. The lowest BCUT2D eigenvalue weighted by atomic mass is 9.97. The topological polar surface area (TPSA) is 51.2 Å². The number of carbonyl (C=O) groups is 1. The molecule has 4 nitrogen and oxygen atoms in total. The molecule has 4 aromatic rings. The van der Waals surface area contributed by atoms with Gasteiger partial charge in [0.2, 0.25) is 0 Å². The maximum absolute atomic E-state index is 13.1. The van der Waals surface area contributed by atoms with E-state index in [1.54, 1.807) is 19.1 Å². The third kappa shape index (κ3) is 4.82. The van der Waals surface area contributed by atoms with Crippen LogP contribution in [0.4, 0.5) is 11.5 Å². The van der Waals surface area contributed by atoms with E-state index >= 15 is 0 Å². The molecule has 0 saturated carbocycles. The highest BCUT2D eigenvalue weighted by Crippen LogP contribution is 2.35. The Morgan fingerprint density at radius 2 is 1.62 bits per heavy atom. The predicted molar refractivity (Wildman–Crippen MR) is 131 cm³/mol. The first-order valence-electron chi connectivity index (χ1n) is 10.4. The molecule has 5 heteroatoms. The van der Waals surface area contributed by atoms with Crippen LogP contribution in [0.15, 0.2) is 84.9 Å². The highest BCUT2D eigenvalue weighted by Gasteiger charge is 2.22. The lowest BCUT2D eigenvalue weighted by molar-refractivity contribution is 0.0528. The second-order valence-corrected chi connectivity index (χ2v) is 7.80. The fourth-order valence-corrected chi connectivity index (χ4v) is 3.56. The number of ether oxygens (including phenoxy) is 1. The highest BCUT2D eigenvalue weighted by atomic mass is 35.5. The number of aromatic nitrogens is 1. The number of carbonyl (C=O) groups excluding carboxylic acids is 1. The molecule has 0 bridgehead atoms. The van der Waals surface area contributed by atoms with Crippen LogP contribution in [-0.4, -0.2) is 17.6 Å². The first kappa shape index (κ1) is 21.6. The van der Waals surface area contributed by atoms with Gasteiger partial charge in [-0.05, 0) is 49.7 Å². The van der Waals surface area contributed by atoms with E-state index in [2.05, 4.69) is 5.32 Å². The van der Waals surface area contributed by atoms with Gasteiger partial charge in [0.25, 0.3) is 0 Å². The van der Waals surface area contributed by atoms with Crippen molar-refractivity contribution in [3.8, 4) is 22.4 Å². The van der Waals surface area contributed by atoms with Gasteiger partial charge in [-0.2, -0.15) is 0 Å². The summed E-state index contributed by atoms with van der Waals surface area (Å²) >= 11 is 6.04. The van der Waals surface area contributed by atoms with Crippen LogP contribution in [0, 0.1) is 6.92 Å². The van der Waals surface area contributed by atoms with Crippen LogP contribution in [0.2, 0.25) is 5.02 Å². The van der Waals surface area contributed by atoms with Crippen molar-refractivity contribution in [2.75, 3.05) is 11.9 Å². The van der Waals surface area contributed by atoms with E-state index in [-0.39, 0.29) is 6.61 Å². The Balaban J connectivity index is 1.95. The predicted octanol–water partition coefficient (Wildman–Crippen LogP) is 7.30. The highest BCUT2D eigenvalue weighted by molar-refractivity contribution is 6.30. The molecule has 0 unspecified atom stereocenters. The van der Waals surface area contributed by atoms with Gasteiger partial charge < -0.3 is 10.1 Å². The fourth-order valence-electron chi connectivity index (χ4n) is 3.43. The second-order valence-electron chi connectivity index (χ2n) is 7.36. The third-order valence-electron chi connectivity index (χ3n) is 5.04. The van der Waals surface area contributed by atoms with Crippen molar-refractivity contribution in [2.45, 2.75) is 13.8 Å². The van der Waals surface area contributed by atoms with Gasteiger partial charge in [-0.1, -0.05) is 71.8 Å². The number of nitrogens with one attached hydrogen (secondary N) is 1. The summed E-state index contributed by atoms with van der Waals surface area (Å²) in [7, 11) is 0. The third-order valence-corrected chi connectivity index (χ3v) is 5.29. The number of aryl methyl sites for hydroxylation is 1. The van der Waals surface area contributed by atoms with Crippen molar-refractivity contribution in [1.29, 1.82) is 0 Å². The van der Waals surface area contributed by atoms with Gasteiger partial charge in [0.05, 0.1) is 12.3 Å². The Bertz CT molecular complexity index is 1220. The number of anilines is 2. The molecule has 0 aliphatic carbocycles. The van der Waals surface area contributed by atoms with E-state index in [0.29, 0.717) is 16.4 Å². The number of halogens is 1. The van der Waals surface area contributed by atoms with Crippen LogP contribution in [0.5, 0.6) is 0 Å². The quantitative estimate of drug-likeness (QED) is 0.318. The number of hydrogen-bond acceptors (Lipinski definition) is 4. The van der Waals surface area contributed by atoms with E-state index in [0.717, 1.165) is 33.6 Å². The molecule has 3 aromatic carbocycles. The Labute approximate surface area is 192 Å². The van der Waals surface area contributed by atoms with E-state index in [9.17, 15) is 4.79 Å². The first-order chi connectivity index (χ1) is 15.5. The van der Waals surface area contributed by atoms with Gasteiger partial charge in [-0.15, -0.1) is 0 Å². The standard InChI is InChI=1S/C27H23ClN2O2/c1-3-32-27(31)25-23(19-11-9-18(2)10-12-19)17-24(20-7-5-4-6-8-20)30-26(25)29-22-15-13-21(28)14-16-22/h4-17H,3H2,1-2H3,(H,29,30). The number of hydrogen-bond donors (Lipinski definition) is 1. The van der Waals surface area contributed by atoms with Crippen molar-refractivity contribution in [3.05, 3.63) is 101 Å². The molecule has 32 heavy (non-hydrogen) atoms. The number of nitrogens with zero attached hydrogens (tertiary/aromatic N) is 1. The monoisotopic (exact) mass is 442 g/mol. The number of benzene rings is 3. The lowest BCUT2D eigenvalue weighted by Crippen LogP contribution is -2.12. The summed E-state index contributed by atoms with van der Waals surface area (Å²) in [5.74, 6) is 0.00866. The Hall–Kier alpha value is -3.63. The molecule has 0 amide bonds. The minimum Gasteiger partial charge on any atom is -0.462 e. The van der Waals surface area contributed by atoms with Crippen LogP contribution in [0.25, 0.3) is 22.4 Å². The molecule has 0 radical (unpaired) electrons. The second kappa shape index (κ2) is 9.67. The molecule has 0 fully saturated rings. The maximum Gasteiger partial charge on any atom is 0.342 e. The zero-order valence-electron chi connectivity index (χ0n) is 17.9. The summed E-state index contributed by atoms with van der Waals surface area (Å²) in [6.07, 6.45) is 0. The first-order valence-corrected chi connectivity index (χ1v) is 10.8. The zero-order chi connectivity index (χ0) is 22.5. The molecule has 1 N–H and O–H groups in total. The molecule has 0 atom stereocenters. The molecule has 0 aliphatic rings. The van der Waals surface area contributed by atoms with Gasteiger partial charge in [0, 0.05) is 21.8 Å². The van der Waals surface area contributed by atoms with Crippen LogP contribution < -0.4 is 5.32 Å². The molecule has 0 saturated heterocycles. The Kier molecular flexibility index (Phi) is 6.52. The molecule has 1 aromatic heterocycles. The average molecular weight is 443 g/mol. The maximum atomic E-state index is 13.1. The minimum absolute atomic E-state index is 0.271.